The minimum atomic E-state index is 0.0513. The second-order valence-corrected chi connectivity index (χ2v) is 6.36. The van der Waals surface area contributed by atoms with E-state index in [9.17, 15) is 4.79 Å². The third-order valence-electron chi connectivity index (χ3n) is 4.55. The standard InChI is InChI=1S/C20H25N3O3/c1-25-18-8-7-16(12-19(18)26-2)22-17-11-15(13-21-14-17)20(24)23-9-5-3-4-6-10-23/h7-8,11-14,22H,3-6,9-10H2,1-2H3. The van der Waals surface area contributed by atoms with Crippen LogP contribution in [0.2, 0.25) is 0 Å². The maximum absolute atomic E-state index is 12.8. The van der Waals surface area contributed by atoms with Gasteiger partial charge in [0.15, 0.2) is 11.5 Å². The summed E-state index contributed by atoms with van der Waals surface area (Å²) in [7, 11) is 3.20. The molecule has 2 aromatic rings. The highest BCUT2D eigenvalue weighted by molar-refractivity contribution is 5.95. The molecule has 26 heavy (non-hydrogen) atoms. The lowest BCUT2D eigenvalue weighted by Gasteiger charge is -2.20. The lowest BCUT2D eigenvalue weighted by atomic mass is 10.2. The number of anilines is 2. The first kappa shape index (κ1) is 18.0. The van der Waals surface area contributed by atoms with Crippen molar-refractivity contribution in [2.45, 2.75) is 25.7 Å². The molecule has 0 bridgehead atoms. The van der Waals surface area contributed by atoms with E-state index >= 15 is 0 Å². The van der Waals surface area contributed by atoms with Gasteiger partial charge >= 0.3 is 0 Å². The summed E-state index contributed by atoms with van der Waals surface area (Å²) in [6, 6.07) is 7.42. The van der Waals surface area contributed by atoms with E-state index in [2.05, 4.69) is 10.3 Å². The first-order chi connectivity index (χ1) is 12.7. The Morgan fingerprint density at radius 3 is 2.38 bits per heavy atom. The van der Waals surface area contributed by atoms with Crippen molar-refractivity contribution in [2.24, 2.45) is 0 Å². The average molecular weight is 355 g/mol. The Kier molecular flexibility index (Phi) is 5.94. The molecule has 1 aromatic carbocycles. The number of hydrogen-bond donors (Lipinski definition) is 1. The Morgan fingerprint density at radius 1 is 0.962 bits per heavy atom. The maximum Gasteiger partial charge on any atom is 0.255 e. The fourth-order valence-corrected chi connectivity index (χ4v) is 3.16. The molecular formula is C20H25N3O3. The van der Waals surface area contributed by atoms with Gasteiger partial charge in [0.05, 0.1) is 31.7 Å². The van der Waals surface area contributed by atoms with Gasteiger partial charge in [-0.05, 0) is 31.0 Å². The predicted molar refractivity (Wildman–Crippen MR) is 101 cm³/mol. The van der Waals surface area contributed by atoms with Gasteiger partial charge in [0.25, 0.3) is 5.91 Å². The Balaban J connectivity index is 1.76. The van der Waals surface area contributed by atoms with Crippen LogP contribution >= 0.6 is 0 Å². The lowest BCUT2D eigenvalue weighted by molar-refractivity contribution is 0.0761. The molecule has 0 spiro atoms. The third kappa shape index (κ3) is 4.25. The molecule has 0 unspecified atom stereocenters. The Labute approximate surface area is 154 Å². The van der Waals surface area contributed by atoms with E-state index in [4.69, 9.17) is 9.47 Å². The highest BCUT2D eigenvalue weighted by atomic mass is 16.5. The molecule has 1 aromatic heterocycles. The summed E-state index contributed by atoms with van der Waals surface area (Å²) < 4.78 is 10.6. The maximum atomic E-state index is 12.8. The van der Waals surface area contributed by atoms with Gasteiger partial charge in [0.2, 0.25) is 0 Å². The Hall–Kier alpha value is -2.76. The first-order valence-electron chi connectivity index (χ1n) is 8.94. The number of likely N-dealkylation sites (tertiary alicyclic amines) is 1. The molecule has 3 rings (SSSR count). The van der Waals surface area contributed by atoms with E-state index in [1.165, 1.54) is 12.8 Å². The summed E-state index contributed by atoms with van der Waals surface area (Å²) in [6.07, 6.45) is 7.88. The van der Waals surface area contributed by atoms with Crippen LogP contribution in [0.25, 0.3) is 0 Å². The Morgan fingerprint density at radius 2 is 1.69 bits per heavy atom. The fourth-order valence-electron chi connectivity index (χ4n) is 3.16. The first-order valence-corrected chi connectivity index (χ1v) is 8.94. The van der Waals surface area contributed by atoms with Crippen LogP contribution in [0.1, 0.15) is 36.0 Å². The second-order valence-electron chi connectivity index (χ2n) is 6.36. The number of carbonyl (C=O) groups is 1. The van der Waals surface area contributed by atoms with Crippen LogP contribution in [0, 0.1) is 0 Å². The Bertz CT molecular complexity index is 756. The van der Waals surface area contributed by atoms with Crippen LogP contribution in [0.4, 0.5) is 11.4 Å². The van der Waals surface area contributed by atoms with Crippen LogP contribution in [-0.2, 0) is 0 Å². The molecule has 6 heteroatoms. The van der Waals surface area contributed by atoms with E-state index in [0.717, 1.165) is 37.3 Å². The molecule has 0 atom stereocenters. The van der Waals surface area contributed by atoms with Crippen molar-refractivity contribution in [3.8, 4) is 11.5 Å². The summed E-state index contributed by atoms with van der Waals surface area (Å²) >= 11 is 0. The molecule has 0 saturated carbocycles. The molecule has 2 heterocycles. The van der Waals surface area contributed by atoms with Gasteiger partial charge in [0.1, 0.15) is 0 Å². The molecule has 1 amide bonds. The van der Waals surface area contributed by atoms with E-state index in [-0.39, 0.29) is 5.91 Å². The van der Waals surface area contributed by atoms with Crippen LogP contribution in [0.3, 0.4) is 0 Å². The number of hydrogen-bond acceptors (Lipinski definition) is 5. The number of pyridine rings is 1. The van der Waals surface area contributed by atoms with Crippen LogP contribution in [0.5, 0.6) is 11.5 Å². The zero-order chi connectivity index (χ0) is 18.4. The van der Waals surface area contributed by atoms with Crippen molar-refractivity contribution in [1.29, 1.82) is 0 Å². The van der Waals surface area contributed by atoms with Gasteiger partial charge in [0, 0.05) is 31.0 Å². The molecule has 6 nitrogen and oxygen atoms in total. The zero-order valence-corrected chi connectivity index (χ0v) is 15.3. The molecule has 138 valence electrons. The lowest BCUT2D eigenvalue weighted by Crippen LogP contribution is -2.31. The predicted octanol–water partition coefficient (Wildman–Crippen LogP) is 3.86. The number of benzene rings is 1. The average Bonchev–Trinajstić information content (AvgIpc) is 2.97. The topological polar surface area (TPSA) is 63.7 Å². The highest BCUT2D eigenvalue weighted by Gasteiger charge is 2.18. The molecule has 0 aliphatic carbocycles. The SMILES string of the molecule is COc1ccc(Nc2cncc(C(=O)N3CCCCCC3)c2)cc1OC. The molecule has 1 aliphatic rings. The molecule has 1 aliphatic heterocycles. The quantitative estimate of drug-likeness (QED) is 0.882. The number of nitrogens with zero attached hydrogens (tertiary/aromatic N) is 2. The van der Waals surface area contributed by atoms with E-state index in [0.29, 0.717) is 17.1 Å². The minimum Gasteiger partial charge on any atom is -0.493 e. The number of rotatable bonds is 5. The van der Waals surface area contributed by atoms with Crippen molar-refractivity contribution >= 4 is 17.3 Å². The molecule has 1 N–H and O–H groups in total. The largest absolute Gasteiger partial charge is 0.493 e. The van der Waals surface area contributed by atoms with Crippen LogP contribution in [-0.4, -0.2) is 43.1 Å². The molecular weight excluding hydrogens is 330 g/mol. The number of nitrogens with one attached hydrogen (secondary N) is 1. The third-order valence-corrected chi connectivity index (χ3v) is 4.55. The van der Waals surface area contributed by atoms with Crippen molar-refractivity contribution in [2.75, 3.05) is 32.6 Å². The van der Waals surface area contributed by atoms with Gasteiger partial charge in [-0.25, -0.2) is 0 Å². The highest BCUT2D eigenvalue weighted by Crippen LogP contribution is 2.31. The summed E-state index contributed by atoms with van der Waals surface area (Å²) in [5, 5.41) is 3.27. The fraction of sp³-hybridized carbons (Fsp3) is 0.400. The van der Waals surface area contributed by atoms with Crippen LogP contribution < -0.4 is 14.8 Å². The summed E-state index contributed by atoms with van der Waals surface area (Å²) in [5.74, 6) is 1.36. The molecule has 1 saturated heterocycles. The van der Waals surface area contributed by atoms with Gasteiger partial charge in [-0.1, -0.05) is 12.8 Å². The van der Waals surface area contributed by atoms with Gasteiger partial charge in [-0.15, -0.1) is 0 Å². The van der Waals surface area contributed by atoms with Crippen molar-refractivity contribution in [1.82, 2.24) is 9.88 Å². The minimum absolute atomic E-state index is 0.0513. The number of carbonyl (C=O) groups excluding carboxylic acids is 1. The molecule has 0 radical (unpaired) electrons. The van der Waals surface area contributed by atoms with E-state index < -0.39 is 0 Å². The van der Waals surface area contributed by atoms with Gasteiger partial charge in [-0.2, -0.15) is 0 Å². The van der Waals surface area contributed by atoms with Gasteiger partial charge < -0.3 is 19.7 Å². The van der Waals surface area contributed by atoms with Crippen molar-refractivity contribution < 1.29 is 14.3 Å². The summed E-state index contributed by atoms with van der Waals surface area (Å²) in [4.78, 5) is 18.9. The van der Waals surface area contributed by atoms with Crippen molar-refractivity contribution in [3.63, 3.8) is 0 Å². The number of ether oxygens (including phenoxy) is 2. The zero-order valence-electron chi connectivity index (χ0n) is 15.3. The monoisotopic (exact) mass is 355 g/mol. The van der Waals surface area contributed by atoms with Crippen molar-refractivity contribution in [3.05, 3.63) is 42.2 Å². The summed E-state index contributed by atoms with van der Waals surface area (Å²) in [5.41, 5.74) is 2.21. The smallest absolute Gasteiger partial charge is 0.255 e. The van der Waals surface area contributed by atoms with E-state index in [1.807, 2.05) is 29.2 Å². The second kappa shape index (κ2) is 8.56. The summed E-state index contributed by atoms with van der Waals surface area (Å²) in [6.45, 7) is 1.65. The van der Waals surface area contributed by atoms with E-state index in [1.54, 1.807) is 26.6 Å². The normalized spacial score (nSPS) is 14.5. The number of methoxy groups -OCH3 is 2. The van der Waals surface area contributed by atoms with Gasteiger partial charge in [-0.3, -0.25) is 9.78 Å². The van der Waals surface area contributed by atoms with Crippen LogP contribution in [0.15, 0.2) is 36.7 Å². The number of amides is 1. The molecule has 1 fully saturated rings. The number of aromatic nitrogens is 1.